The van der Waals surface area contributed by atoms with E-state index in [9.17, 15) is 0 Å². The summed E-state index contributed by atoms with van der Waals surface area (Å²) in [6.07, 6.45) is 0. The molecule has 220 valence electrons. The Balaban J connectivity index is 1.08. The summed E-state index contributed by atoms with van der Waals surface area (Å²) in [4.78, 5) is 14.8. The van der Waals surface area contributed by atoms with E-state index >= 15 is 0 Å². The van der Waals surface area contributed by atoms with E-state index in [4.69, 9.17) is 15.0 Å². The third kappa shape index (κ3) is 4.84. The number of fused-ring (bicyclic) bond motifs is 4. The molecule has 0 saturated heterocycles. The second-order valence-electron chi connectivity index (χ2n) is 11.7. The van der Waals surface area contributed by atoms with Gasteiger partial charge in [0.15, 0.2) is 17.5 Å². The molecule has 0 aliphatic rings. The predicted octanol–water partition coefficient (Wildman–Crippen LogP) is 10.8. The van der Waals surface area contributed by atoms with Crippen molar-refractivity contribution in [1.82, 2.24) is 19.5 Å². The van der Waals surface area contributed by atoms with Crippen molar-refractivity contribution in [2.45, 2.75) is 0 Å². The fraction of sp³-hybridized carbons (Fsp3) is 0. The minimum atomic E-state index is 0.648. The molecule has 0 aliphatic carbocycles. The Labute approximate surface area is 272 Å². The molecule has 0 spiro atoms. The van der Waals surface area contributed by atoms with Crippen LogP contribution in [0, 0.1) is 0 Å². The fourth-order valence-corrected chi connectivity index (χ4v) is 6.49. The lowest BCUT2D eigenvalue weighted by Gasteiger charge is -2.11. The van der Waals surface area contributed by atoms with Crippen LogP contribution in [0.2, 0.25) is 0 Å². The Morgan fingerprint density at radius 3 is 1.40 bits per heavy atom. The standard InChI is InChI=1S/C43H28N4/c1-2-11-32(12-3-1)41-44-42(46-43(45-41)35-23-20-29-10-4-5-13-34(29)28-35)33-21-18-30(19-22-33)31-24-26-36(27-25-31)47-39-16-8-6-14-37(39)38-15-7-9-17-40(38)47/h1-28H. The van der Waals surface area contributed by atoms with Crippen LogP contribution < -0.4 is 0 Å². The monoisotopic (exact) mass is 600 g/mol. The van der Waals surface area contributed by atoms with Gasteiger partial charge in [-0.1, -0.05) is 140 Å². The van der Waals surface area contributed by atoms with E-state index in [-0.39, 0.29) is 0 Å². The topological polar surface area (TPSA) is 43.6 Å². The number of benzene rings is 7. The van der Waals surface area contributed by atoms with E-state index in [1.807, 2.05) is 30.3 Å². The highest BCUT2D eigenvalue weighted by Gasteiger charge is 2.14. The molecule has 0 aliphatic heterocycles. The van der Waals surface area contributed by atoms with Crippen LogP contribution in [-0.4, -0.2) is 19.5 Å². The normalized spacial score (nSPS) is 11.4. The number of para-hydroxylation sites is 2. The molecular formula is C43H28N4. The lowest BCUT2D eigenvalue weighted by Crippen LogP contribution is -2.00. The molecule has 0 N–H and O–H groups in total. The lowest BCUT2D eigenvalue weighted by atomic mass is 10.0. The molecule has 47 heavy (non-hydrogen) atoms. The average Bonchev–Trinajstić information content (AvgIpc) is 3.49. The van der Waals surface area contributed by atoms with Crippen molar-refractivity contribution in [3.63, 3.8) is 0 Å². The van der Waals surface area contributed by atoms with Crippen LogP contribution in [0.5, 0.6) is 0 Å². The highest BCUT2D eigenvalue weighted by molar-refractivity contribution is 6.09. The first-order valence-electron chi connectivity index (χ1n) is 15.8. The Morgan fingerprint density at radius 2 is 0.766 bits per heavy atom. The number of nitrogens with zero attached hydrogens (tertiary/aromatic N) is 4. The molecule has 0 radical (unpaired) electrons. The highest BCUT2D eigenvalue weighted by Crippen LogP contribution is 2.33. The van der Waals surface area contributed by atoms with E-state index in [2.05, 4.69) is 144 Å². The largest absolute Gasteiger partial charge is 0.309 e. The first-order chi connectivity index (χ1) is 23.3. The van der Waals surface area contributed by atoms with Gasteiger partial charge < -0.3 is 4.57 Å². The number of aromatic nitrogens is 4. The predicted molar refractivity (Wildman–Crippen MR) is 193 cm³/mol. The van der Waals surface area contributed by atoms with Gasteiger partial charge in [-0.2, -0.15) is 0 Å². The van der Waals surface area contributed by atoms with Gasteiger partial charge in [-0.3, -0.25) is 0 Å². The first kappa shape index (κ1) is 27.0. The summed E-state index contributed by atoms with van der Waals surface area (Å²) in [5.74, 6) is 1.96. The molecule has 0 atom stereocenters. The van der Waals surface area contributed by atoms with Crippen molar-refractivity contribution in [2.24, 2.45) is 0 Å². The van der Waals surface area contributed by atoms with Crippen LogP contribution >= 0.6 is 0 Å². The third-order valence-electron chi connectivity index (χ3n) is 8.86. The van der Waals surface area contributed by atoms with Gasteiger partial charge in [0.05, 0.1) is 11.0 Å². The third-order valence-corrected chi connectivity index (χ3v) is 8.86. The van der Waals surface area contributed by atoms with Crippen molar-refractivity contribution < 1.29 is 0 Å². The van der Waals surface area contributed by atoms with Crippen molar-refractivity contribution in [1.29, 1.82) is 0 Å². The van der Waals surface area contributed by atoms with Gasteiger partial charge in [0.2, 0.25) is 0 Å². The lowest BCUT2D eigenvalue weighted by molar-refractivity contribution is 1.07. The number of hydrogen-bond acceptors (Lipinski definition) is 3. The van der Waals surface area contributed by atoms with Gasteiger partial charge in [-0.15, -0.1) is 0 Å². The number of rotatable bonds is 5. The first-order valence-corrected chi connectivity index (χ1v) is 15.8. The Hall–Kier alpha value is -6.39. The second-order valence-corrected chi connectivity index (χ2v) is 11.7. The quantitative estimate of drug-likeness (QED) is 0.197. The SMILES string of the molecule is c1ccc(-c2nc(-c3ccc(-c4ccc(-n5c6ccccc6c6ccccc65)cc4)cc3)nc(-c3ccc4ccccc4c3)n2)cc1. The number of hydrogen-bond donors (Lipinski definition) is 0. The second kappa shape index (κ2) is 11.2. The minimum absolute atomic E-state index is 0.648. The Bertz CT molecular complexity index is 2500. The maximum atomic E-state index is 4.97. The zero-order valence-corrected chi connectivity index (χ0v) is 25.5. The summed E-state index contributed by atoms with van der Waals surface area (Å²) in [5, 5.41) is 4.87. The van der Waals surface area contributed by atoms with Gasteiger partial charge in [0.25, 0.3) is 0 Å². The van der Waals surface area contributed by atoms with E-state index in [0.29, 0.717) is 17.5 Å². The molecule has 0 unspecified atom stereocenters. The summed E-state index contributed by atoms with van der Waals surface area (Å²) in [7, 11) is 0. The van der Waals surface area contributed by atoms with Crippen LogP contribution in [0.15, 0.2) is 170 Å². The van der Waals surface area contributed by atoms with Crippen molar-refractivity contribution >= 4 is 32.6 Å². The summed E-state index contributed by atoms with van der Waals surface area (Å²) >= 11 is 0. The van der Waals surface area contributed by atoms with Crippen molar-refractivity contribution in [3.8, 4) is 51.0 Å². The smallest absolute Gasteiger partial charge is 0.164 e. The molecule has 7 aromatic carbocycles. The maximum absolute atomic E-state index is 4.97. The van der Waals surface area contributed by atoms with Crippen LogP contribution in [0.3, 0.4) is 0 Å². The van der Waals surface area contributed by atoms with Gasteiger partial charge in [0.1, 0.15) is 0 Å². The molecule has 2 aromatic heterocycles. The van der Waals surface area contributed by atoms with Gasteiger partial charge in [0, 0.05) is 33.2 Å². The molecule has 2 heterocycles. The Morgan fingerprint density at radius 1 is 0.319 bits per heavy atom. The average molecular weight is 601 g/mol. The van der Waals surface area contributed by atoms with Crippen LogP contribution in [0.4, 0.5) is 0 Å². The van der Waals surface area contributed by atoms with Crippen LogP contribution in [0.1, 0.15) is 0 Å². The highest BCUT2D eigenvalue weighted by atomic mass is 15.0. The zero-order chi connectivity index (χ0) is 31.2. The van der Waals surface area contributed by atoms with E-state index in [0.717, 1.165) is 38.9 Å². The van der Waals surface area contributed by atoms with E-state index in [1.165, 1.54) is 27.2 Å². The molecule has 9 rings (SSSR count). The molecule has 9 aromatic rings. The molecule has 0 fully saturated rings. The summed E-state index contributed by atoms with van der Waals surface area (Å²) in [6.45, 7) is 0. The minimum Gasteiger partial charge on any atom is -0.309 e. The van der Waals surface area contributed by atoms with Gasteiger partial charge >= 0.3 is 0 Å². The molecule has 4 heteroatoms. The van der Waals surface area contributed by atoms with E-state index < -0.39 is 0 Å². The zero-order valence-electron chi connectivity index (χ0n) is 25.5. The molecule has 4 nitrogen and oxygen atoms in total. The molecule has 0 saturated carbocycles. The van der Waals surface area contributed by atoms with E-state index in [1.54, 1.807) is 0 Å². The molecule has 0 bridgehead atoms. The summed E-state index contributed by atoms with van der Waals surface area (Å²) < 4.78 is 2.34. The summed E-state index contributed by atoms with van der Waals surface area (Å²) in [5.41, 5.74) is 8.71. The fourth-order valence-electron chi connectivity index (χ4n) is 6.49. The van der Waals surface area contributed by atoms with Gasteiger partial charge in [-0.25, -0.2) is 15.0 Å². The summed E-state index contributed by atoms with van der Waals surface area (Å²) in [6, 6.07) is 59.3. The molecular weight excluding hydrogens is 573 g/mol. The van der Waals surface area contributed by atoms with Gasteiger partial charge in [-0.05, 0) is 52.2 Å². The van der Waals surface area contributed by atoms with Crippen LogP contribution in [-0.2, 0) is 0 Å². The van der Waals surface area contributed by atoms with Crippen molar-refractivity contribution in [2.75, 3.05) is 0 Å². The van der Waals surface area contributed by atoms with Crippen LogP contribution in [0.25, 0.3) is 83.6 Å². The Kier molecular flexibility index (Phi) is 6.43. The molecule has 0 amide bonds. The maximum Gasteiger partial charge on any atom is 0.164 e. The van der Waals surface area contributed by atoms with Crippen molar-refractivity contribution in [3.05, 3.63) is 170 Å².